The van der Waals surface area contributed by atoms with Gasteiger partial charge in [0.2, 0.25) is 0 Å². The van der Waals surface area contributed by atoms with Crippen molar-refractivity contribution in [1.29, 1.82) is 0 Å². The van der Waals surface area contributed by atoms with Gasteiger partial charge in [0, 0.05) is 19.4 Å². The average Bonchev–Trinajstić information content (AvgIpc) is 2.75. The third kappa shape index (κ3) is 2.39. The summed E-state index contributed by atoms with van der Waals surface area (Å²) in [5.41, 5.74) is 0.155. The van der Waals surface area contributed by atoms with Crippen LogP contribution < -0.4 is 4.74 Å². The Bertz CT molecular complexity index is 398. The molecule has 0 amide bonds. The van der Waals surface area contributed by atoms with Gasteiger partial charge in [-0.3, -0.25) is 4.68 Å². The number of hydrogen-bond donors (Lipinski definition) is 0. The predicted molar refractivity (Wildman–Crippen MR) is 68.7 cm³/mol. The van der Waals surface area contributed by atoms with Gasteiger partial charge in [0.05, 0.1) is 24.6 Å². The largest absolute Gasteiger partial charge is 0.487 e. The molecule has 3 rings (SSSR count). The van der Waals surface area contributed by atoms with Gasteiger partial charge in [-0.05, 0) is 25.7 Å². The van der Waals surface area contributed by atoms with Gasteiger partial charge in [-0.15, -0.1) is 0 Å². The van der Waals surface area contributed by atoms with Crippen LogP contribution in [0.4, 0.5) is 0 Å². The normalized spacial score (nSPS) is 25.9. The number of ether oxygens (including phenoxy) is 2. The fourth-order valence-corrected chi connectivity index (χ4v) is 2.95. The molecule has 2 fully saturated rings. The Morgan fingerprint density at radius 3 is 3.17 bits per heavy atom. The Hall–Kier alpha value is -1.03. The molecule has 1 saturated heterocycles. The lowest BCUT2D eigenvalue weighted by atomic mass is 9.74. The molecular weight excluding hydrogens is 228 g/mol. The third-order valence-corrected chi connectivity index (χ3v) is 4.08. The van der Waals surface area contributed by atoms with Crippen LogP contribution in [0.5, 0.6) is 5.75 Å². The molecule has 2 heterocycles. The van der Waals surface area contributed by atoms with Gasteiger partial charge < -0.3 is 9.47 Å². The Labute approximate surface area is 108 Å². The first-order valence-electron chi connectivity index (χ1n) is 7.13. The summed E-state index contributed by atoms with van der Waals surface area (Å²) in [6, 6.07) is 0. The molecule has 1 spiro atoms. The van der Waals surface area contributed by atoms with E-state index in [0.717, 1.165) is 38.2 Å². The van der Waals surface area contributed by atoms with E-state index in [4.69, 9.17) is 9.47 Å². The van der Waals surface area contributed by atoms with E-state index in [9.17, 15) is 0 Å². The van der Waals surface area contributed by atoms with Crippen molar-refractivity contribution >= 4 is 0 Å². The molecule has 1 aromatic rings. The molecule has 1 saturated carbocycles. The minimum atomic E-state index is 0.155. The number of aryl methyl sites for hydroxylation is 1. The minimum Gasteiger partial charge on any atom is -0.487 e. The van der Waals surface area contributed by atoms with Crippen LogP contribution in [0.1, 0.15) is 45.4 Å². The van der Waals surface area contributed by atoms with E-state index >= 15 is 0 Å². The smallest absolute Gasteiger partial charge is 0.157 e. The Morgan fingerprint density at radius 1 is 1.56 bits per heavy atom. The highest BCUT2D eigenvalue weighted by Gasteiger charge is 2.43. The fraction of sp³-hybridized carbons (Fsp3) is 0.786. The first kappa shape index (κ1) is 12.0. The van der Waals surface area contributed by atoms with Crippen molar-refractivity contribution in [2.75, 3.05) is 6.61 Å². The van der Waals surface area contributed by atoms with Gasteiger partial charge in [-0.2, -0.15) is 5.10 Å². The summed E-state index contributed by atoms with van der Waals surface area (Å²) in [5.74, 6) is 0.907. The van der Waals surface area contributed by atoms with E-state index in [1.54, 1.807) is 0 Å². The summed E-state index contributed by atoms with van der Waals surface area (Å²) in [7, 11) is 0. The van der Waals surface area contributed by atoms with Gasteiger partial charge in [-0.1, -0.05) is 6.92 Å². The Morgan fingerprint density at radius 2 is 2.44 bits per heavy atom. The quantitative estimate of drug-likeness (QED) is 0.824. The topological polar surface area (TPSA) is 36.3 Å². The molecule has 1 aliphatic carbocycles. The van der Waals surface area contributed by atoms with Gasteiger partial charge in [0.1, 0.15) is 6.10 Å². The monoisotopic (exact) mass is 250 g/mol. The molecule has 1 aromatic heterocycles. The standard InChI is InChI=1S/C14H22N2O2/c1-2-7-16-11-13(10-15-16)18-12-4-8-17-14(9-12)5-3-6-14/h10-12H,2-9H2,1H3. The van der Waals surface area contributed by atoms with Gasteiger partial charge in [-0.25, -0.2) is 0 Å². The second-order valence-corrected chi connectivity index (χ2v) is 5.56. The highest BCUT2D eigenvalue weighted by molar-refractivity contribution is 5.12. The Balaban J connectivity index is 1.57. The molecule has 100 valence electrons. The predicted octanol–water partition coefficient (Wildman–Crippen LogP) is 2.77. The van der Waals surface area contributed by atoms with E-state index in [2.05, 4.69) is 12.0 Å². The van der Waals surface area contributed by atoms with E-state index in [1.807, 2.05) is 17.1 Å². The maximum absolute atomic E-state index is 6.05. The van der Waals surface area contributed by atoms with E-state index < -0.39 is 0 Å². The number of hydrogen-bond acceptors (Lipinski definition) is 3. The molecule has 18 heavy (non-hydrogen) atoms. The van der Waals surface area contributed by atoms with Crippen molar-refractivity contribution in [1.82, 2.24) is 9.78 Å². The van der Waals surface area contributed by atoms with Gasteiger partial charge >= 0.3 is 0 Å². The first-order valence-corrected chi connectivity index (χ1v) is 7.13. The van der Waals surface area contributed by atoms with Crippen molar-refractivity contribution in [2.45, 2.75) is 63.7 Å². The average molecular weight is 250 g/mol. The zero-order chi connectivity index (χ0) is 12.4. The number of nitrogens with zero attached hydrogens (tertiary/aromatic N) is 2. The summed E-state index contributed by atoms with van der Waals surface area (Å²) in [6.45, 7) is 3.95. The van der Waals surface area contributed by atoms with Crippen LogP contribution in [0.3, 0.4) is 0 Å². The van der Waals surface area contributed by atoms with Crippen LogP contribution in [0.25, 0.3) is 0 Å². The van der Waals surface area contributed by atoms with Crippen LogP contribution in [0, 0.1) is 0 Å². The summed E-state index contributed by atoms with van der Waals surface area (Å²) in [6.07, 6.45) is 11.0. The molecule has 0 N–H and O–H groups in total. The highest BCUT2D eigenvalue weighted by Crippen LogP contribution is 2.43. The van der Waals surface area contributed by atoms with Gasteiger partial charge in [0.15, 0.2) is 5.75 Å². The van der Waals surface area contributed by atoms with Crippen LogP contribution in [-0.2, 0) is 11.3 Å². The lowest BCUT2D eigenvalue weighted by Crippen LogP contribution is -2.48. The second-order valence-electron chi connectivity index (χ2n) is 5.56. The summed E-state index contributed by atoms with van der Waals surface area (Å²) < 4.78 is 13.9. The van der Waals surface area contributed by atoms with Crippen molar-refractivity contribution in [3.8, 4) is 5.75 Å². The molecule has 4 heteroatoms. The van der Waals surface area contributed by atoms with Crippen LogP contribution in [0.2, 0.25) is 0 Å². The summed E-state index contributed by atoms with van der Waals surface area (Å²) in [4.78, 5) is 0. The molecule has 0 aromatic carbocycles. The molecule has 0 radical (unpaired) electrons. The highest BCUT2D eigenvalue weighted by atomic mass is 16.5. The molecule has 2 aliphatic rings. The molecule has 1 aliphatic heterocycles. The van der Waals surface area contributed by atoms with Crippen molar-refractivity contribution in [3.63, 3.8) is 0 Å². The summed E-state index contributed by atoms with van der Waals surface area (Å²) in [5, 5.41) is 4.30. The Kier molecular flexibility index (Phi) is 3.29. The molecule has 0 bridgehead atoms. The van der Waals surface area contributed by atoms with E-state index in [1.165, 1.54) is 19.3 Å². The maximum Gasteiger partial charge on any atom is 0.157 e. The zero-order valence-corrected chi connectivity index (χ0v) is 11.1. The van der Waals surface area contributed by atoms with Gasteiger partial charge in [0.25, 0.3) is 0 Å². The van der Waals surface area contributed by atoms with Crippen molar-refractivity contribution in [3.05, 3.63) is 12.4 Å². The number of rotatable bonds is 4. The lowest BCUT2D eigenvalue weighted by Gasteiger charge is -2.46. The third-order valence-electron chi connectivity index (χ3n) is 4.08. The molecule has 1 unspecified atom stereocenters. The summed E-state index contributed by atoms with van der Waals surface area (Å²) >= 11 is 0. The maximum atomic E-state index is 6.05. The number of aromatic nitrogens is 2. The van der Waals surface area contributed by atoms with Crippen LogP contribution >= 0.6 is 0 Å². The molecule has 4 nitrogen and oxygen atoms in total. The van der Waals surface area contributed by atoms with Crippen molar-refractivity contribution < 1.29 is 9.47 Å². The zero-order valence-electron chi connectivity index (χ0n) is 11.1. The first-order chi connectivity index (χ1) is 8.80. The minimum absolute atomic E-state index is 0.155. The fourth-order valence-electron chi connectivity index (χ4n) is 2.95. The van der Waals surface area contributed by atoms with E-state index in [0.29, 0.717) is 6.10 Å². The second kappa shape index (κ2) is 4.92. The lowest BCUT2D eigenvalue weighted by molar-refractivity contribution is -0.153. The molecule has 1 atom stereocenters. The van der Waals surface area contributed by atoms with E-state index in [-0.39, 0.29) is 5.60 Å². The molecular formula is C14H22N2O2. The van der Waals surface area contributed by atoms with Crippen molar-refractivity contribution in [2.24, 2.45) is 0 Å². The van der Waals surface area contributed by atoms with Crippen LogP contribution in [0.15, 0.2) is 12.4 Å². The SMILES string of the molecule is CCCn1cc(OC2CCOC3(CCC3)C2)cn1. The van der Waals surface area contributed by atoms with Crippen LogP contribution in [-0.4, -0.2) is 28.1 Å².